The Morgan fingerprint density at radius 2 is 2.38 bits per heavy atom. The van der Waals surface area contributed by atoms with Crippen molar-refractivity contribution in [1.82, 2.24) is 10.3 Å². The van der Waals surface area contributed by atoms with Crippen molar-refractivity contribution in [2.24, 2.45) is 0 Å². The second-order valence-corrected chi connectivity index (χ2v) is 5.83. The van der Waals surface area contributed by atoms with Crippen LogP contribution in [0.15, 0.2) is 17.5 Å². The van der Waals surface area contributed by atoms with Crippen molar-refractivity contribution in [3.63, 3.8) is 0 Å². The molecule has 0 aromatic carbocycles. The first-order chi connectivity index (χ1) is 7.65. The largest absolute Gasteiger partial charge is 0.345 e. The molecule has 6 heteroatoms. The lowest BCUT2D eigenvalue weighted by Gasteiger charge is -1.99. The molecular formula is C10H9ClN2OS2. The second-order valence-electron chi connectivity index (χ2n) is 3.17. The Bertz CT molecular complexity index is 506. The van der Waals surface area contributed by atoms with Crippen LogP contribution in [0.3, 0.4) is 0 Å². The highest BCUT2D eigenvalue weighted by Crippen LogP contribution is 2.21. The maximum absolute atomic E-state index is 11.7. The summed E-state index contributed by atoms with van der Waals surface area (Å²) in [5, 5.41) is 5.68. The maximum Gasteiger partial charge on any atom is 0.261 e. The lowest BCUT2D eigenvalue weighted by atomic mass is 10.4. The average molecular weight is 273 g/mol. The number of thiazole rings is 1. The van der Waals surface area contributed by atoms with E-state index in [1.165, 1.54) is 11.3 Å². The number of hydrogen-bond acceptors (Lipinski definition) is 4. The molecular weight excluding hydrogens is 264 g/mol. The van der Waals surface area contributed by atoms with Gasteiger partial charge in [-0.3, -0.25) is 4.79 Å². The van der Waals surface area contributed by atoms with Crippen LogP contribution >= 0.6 is 34.3 Å². The van der Waals surface area contributed by atoms with Gasteiger partial charge in [0.2, 0.25) is 0 Å². The summed E-state index contributed by atoms with van der Waals surface area (Å²) in [5.41, 5.74) is 0.980. The Morgan fingerprint density at radius 3 is 2.94 bits per heavy atom. The van der Waals surface area contributed by atoms with E-state index in [9.17, 15) is 4.79 Å². The lowest BCUT2D eigenvalue weighted by Crippen LogP contribution is -2.21. The monoisotopic (exact) mass is 272 g/mol. The van der Waals surface area contributed by atoms with E-state index >= 15 is 0 Å². The van der Waals surface area contributed by atoms with Gasteiger partial charge in [-0.1, -0.05) is 11.6 Å². The molecule has 0 saturated heterocycles. The molecule has 2 rings (SSSR count). The summed E-state index contributed by atoms with van der Waals surface area (Å²) in [6.45, 7) is 2.40. The van der Waals surface area contributed by atoms with Crippen LogP contribution in [0.5, 0.6) is 0 Å². The van der Waals surface area contributed by atoms with Gasteiger partial charge in [0.15, 0.2) is 0 Å². The minimum atomic E-state index is -0.107. The van der Waals surface area contributed by atoms with Crippen molar-refractivity contribution in [2.75, 3.05) is 0 Å². The van der Waals surface area contributed by atoms with E-state index in [0.717, 1.165) is 10.7 Å². The van der Waals surface area contributed by atoms with Crippen LogP contribution in [0.2, 0.25) is 4.34 Å². The van der Waals surface area contributed by atoms with Gasteiger partial charge in [-0.05, 0) is 19.1 Å². The predicted octanol–water partition coefficient (Wildman–Crippen LogP) is 3.10. The molecule has 0 spiro atoms. The fourth-order valence-electron chi connectivity index (χ4n) is 1.16. The third kappa shape index (κ3) is 2.81. The zero-order valence-electron chi connectivity index (χ0n) is 8.49. The van der Waals surface area contributed by atoms with E-state index < -0.39 is 0 Å². The Labute approximate surface area is 106 Å². The van der Waals surface area contributed by atoms with Crippen LogP contribution in [0.25, 0.3) is 0 Å². The molecule has 1 amide bonds. The number of carbonyl (C=O) groups excluding carboxylic acids is 1. The number of aromatic nitrogens is 1. The van der Waals surface area contributed by atoms with Crippen molar-refractivity contribution >= 4 is 40.2 Å². The summed E-state index contributed by atoms with van der Waals surface area (Å²) in [5.74, 6) is -0.107. The van der Waals surface area contributed by atoms with Crippen LogP contribution in [-0.4, -0.2) is 10.9 Å². The number of aryl methyl sites for hydroxylation is 1. The van der Waals surface area contributed by atoms with E-state index in [0.29, 0.717) is 15.8 Å². The Kier molecular flexibility index (Phi) is 3.58. The van der Waals surface area contributed by atoms with E-state index in [1.54, 1.807) is 23.5 Å². The fraction of sp³-hybridized carbons (Fsp3) is 0.200. The molecule has 0 unspecified atom stereocenters. The molecule has 2 heterocycles. The standard InChI is InChI=1S/C10H9ClN2OS2/c1-6-5-15-9(13-6)4-12-10(14)7-2-3-8(11)16-7/h2-3,5H,4H2,1H3,(H,12,14). The summed E-state index contributed by atoms with van der Waals surface area (Å²) in [4.78, 5) is 16.5. The van der Waals surface area contributed by atoms with Gasteiger partial charge in [0, 0.05) is 11.1 Å². The molecule has 84 valence electrons. The second kappa shape index (κ2) is 4.95. The number of nitrogens with one attached hydrogen (secondary N) is 1. The first-order valence-electron chi connectivity index (χ1n) is 4.59. The molecule has 0 atom stereocenters. The summed E-state index contributed by atoms with van der Waals surface area (Å²) in [6, 6.07) is 3.43. The first kappa shape index (κ1) is 11.6. The highest BCUT2D eigenvalue weighted by Gasteiger charge is 2.08. The summed E-state index contributed by atoms with van der Waals surface area (Å²) in [7, 11) is 0. The smallest absolute Gasteiger partial charge is 0.261 e. The van der Waals surface area contributed by atoms with Crippen molar-refractivity contribution < 1.29 is 4.79 Å². The van der Waals surface area contributed by atoms with Crippen LogP contribution in [0, 0.1) is 6.92 Å². The molecule has 0 bridgehead atoms. The SMILES string of the molecule is Cc1csc(CNC(=O)c2ccc(Cl)s2)n1. The number of amides is 1. The van der Waals surface area contributed by atoms with Gasteiger partial charge in [-0.15, -0.1) is 22.7 Å². The number of thiophene rings is 1. The Morgan fingerprint density at radius 1 is 1.56 bits per heavy atom. The van der Waals surface area contributed by atoms with Gasteiger partial charge < -0.3 is 5.32 Å². The average Bonchev–Trinajstić information content (AvgIpc) is 2.84. The predicted molar refractivity (Wildman–Crippen MR) is 67.4 cm³/mol. The minimum Gasteiger partial charge on any atom is -0.345 e. The molecule has 2 aromatic heterocycles. The molecule has 0 aliphatic rings. The number of carbonyl (C=O) groups is 1. The number of hydrogen-bond donors (Lipinski definition) is 1. The van der Waals surface area contributed by atoms with Crippen molar-refractivity contribution in [2.45, 2.75) is 13.5 Å². The summed E-state index contributed by atoms with van der Waals surface area (Å²) < 4.78 is 0.621. The highest BCUT2D eigenvalue weighted by molar-refractivity contribution is 7.18. The van der Waals surface area contributed by atoms with E-state index in [2.05, 4.69) is 10.3 Å². The van der Waals surface area contributed by atoms with E-state index in [1.807, 2.05) is 12.3 Å². The van der Waals surface area contributed by atoms with Crippen LogP contribution in [0.1, 0.15) is 20.4 Å². The van der Waals surface area contributed by atoms with Crippen LogP contribution < -0.4 is 5.32 Å². The normalized spacial score (nSPS) is 10.4. The Hall–Kier alpha value is -0.910. The number of nitrogens with zero attached hydrogens (tertiary/aromatic N) is 1. The number of halogens is 1. The molecule has 3 nitrogen and oxygen atoms in total. The van der Waals surface area contributed by atoms with E-state index in [4.69, 9.17) is 11.6 Å². The van der Waals surface area contributed by atoms with Crippen molar-refractivity contribution in [3.8, 4) is 0 Å². The quantitative estimate of drug-likeness (QED) is 0.933. The third-order valence-electron chi connectivity index (χ3n) is 1.86. The molecule has 1 N–H and O–H groups in total. The first-order valence-corrected chi connectivity index (χ1v) is 6.67. The third-order valence-corrected chi connectivity index (χ3v) is 4.06. The van der Waals surface area contributed by atoms with Gasteiger partial charge in [0.05, 0.1) is 15.8 Å². The Balaban J connectivity index is 1.93. The fourth-order valence-corrected chi connectivity index (χ4v) is 2.83. The van der Waals surface area contributed by atoms with Crippen molar-refractivity contribution in [1.29, 1.82) is 0 Å². The van der Waals surface area contributed by atoms with Gasteiger partial charge in [0.25, 0.3) is 5.91 Å². The molecule has 0 radical (unpaired) electrons. The van der Waals surface area contributed by atoms with Crippen LogP contribution in [-0.2, 0) is 6.54 Å². The van der Waals surface area contributed by atoms with Gasteiger partial charge >= 0.3 is 0 Å². The molecule has 16 heavy (non-hydrogen) atoms. The highest BCUT2D eigenvalue weighted by atomic mass is 35.5. The molecule has 0 aliphatic heterocycles. The van der Waals surface area contributed by atoms with Gasteiger partial charge in [0.1, 0.15) is 5.01 Å². The van der Waals surface area contributed by atoms with Crippen LogP contribution in [0.4, 0.5) is 0 Å². The summed E-state index contributed by atoms with van der Waals surface area (Å²) in [6.07, 6.45) is 0. The van der Waals surface area contributed by atoms with Gasteiger partial charge in [-0.25, -0.2) is 4.98 Å². The molecule has 0 fully saturated rings. The zero-order chi connectivity index (χ0) is 11.5. The minimum absolute atomic E-state index is 0.107. The molecule has 0 aliphatic carbocycles. The van der Waals surface area contributed by atoms with Crippen molar-refractivity contribution in [3.05, 3.63) is 37.4 Å². The lowest BCUT2D eigenvalue weighted by molar-refractivity contribution is 0.0955. The zero-order valence-corrected chi connectivity index (χ0v) is 10.9. The summed E-state index contributed by atoms with van der Waals surface area (Å²) >= 11 is 8.57. The maximum atomic E-state index is 11.7. The molecule has 2 aromatic rings. The molecule has 0 saturated carbocycles. The number of rotatable bonds is 3. The topological polar surface area (TPSA) is 42.0 Å². The van der Waals surface area contributed by atoms with Gasteiger partial charge in [-0.2, -0.15) is 0 Å². The van der Waals surface area contributed by atoms with E-state index in [-0.39, 0.29) is 5.91 Å².